The second-order valence-electron chi connectivity index (χ2n) is 5.35. The zero-order chi connectivity index (χ0) is 16.2. The van der Waals surface area contributed by atoms with Crippen molar-refractivity contribution in [2.24, 2.45) is 0 Å². The highest BCUT2D eigenvalue weighted by atomic mass is 16.6. The SMILES string of the molecule is O=C(c1ccoc1)N1CCC(Nc2ncccc2[N+](=O)[O-])CC1. The number of hydrogen-bond donors (Lipinski definition) is 1. The molecule has 1 N–H and O–H groups in total. The summed E-state index contributed by atoms with van der Waals surface area (Å²) in [6, 6.07) is 4.66. The van der Waals surface area contributed by atoms with Crippen LogP contribution in [0.4, 0.5) is 11.5 Å². The van der Waals surface area contributed by atoms with Crippen LogP contribution >= 0.6 is 0 Å². The number of hydrogen-bond acceptors (Lipinski definition) is 6. The molecule has 0 bridgehead atoms. The highest BCUT2D eigenvalue weighted by molar-refractivity contribution is 5.93. The summed E-state index contributed by atoms with van der Waals surface area (Å²) in [5.41, 5.74) is 0.501. The standard InChI is InChI=1S/C15H16N4O4/c20-15(11-5-9-23-10-11)18-7-3-12(4-8-18)17-14-13(19(21)22)2-1-6-16-14/h1-2,5-6,9-10,12H,3-4,7-8H2,(H,16,17). The third-order valence-corrected chi connectivity index (χ3v) is 3.87. The topological polar surface area (TPSA) is 102 Å². The molecule has 8 heteroatoms. The van der Waals surface area contributed by atoms with Crippen LogP contribution in [0.1, 0.15) is 23.2 Å². The molecule has 1 aliphatic rings. The molecule has 1 amide bonds. The third-order valence-electron chi connectivity index (χ3n) is 3.87. The normalized spacial score (nSPS) is 15.4. The molecule has 120 valence electrons. The fraction of sp³-hybridized carbons (Fsp3) is 0.333. The number of nitrogens with one attached hydrogen (secondary N) is 1. The second-order valence-corrected chi connectivity index (χ2v) is 5.35. The molecule has 2 aromatic rings. The van der Waals surface area contributed by atoms with E-state index in [-0.39, 0.29) is 23.5 Å². The molecular weight excluding hydrogens is 300 g/mol. The summed E-state index contributed by atoms with van der Waals surface area (Å²) in [5, 5.41) is 14.1. The maximum Gasteiger partial charge on any atom is 0.311 e. The number of nitrogens with zero attached hydrogens (tertiary/aromatic N) is 3. The van der Waals surface area contributed by atoms with Gasteiger partial charge in [0.1, 0.15) is 6.26 Å². The maximum atomic E-state index is 12.2. The van der Waals surface area contributed by atoms with Crippen molar-refractivity contribution in [1.29, 1.82) is 0 Å². The van der Waals surface area contributed by atoms with Crippen molar-refractivity contribution in [3.05, 3.63) is 52.6 Å². The fourth-order valence-corrected chi connectivity index (χ4v) is 2.64. The van der Waals surface area contributed by atoms with E-state index in [1.807, 2.05) is 0 Å². The Kier molecular flexibility index (Phi) is 4.22. The van der Waals surface area contributed by atoms with E-state index in [1.165, 1.54) is 30.9 Å². The van der Waals surface area contributed by atoms with E-state index < -0.39 is 4.92 Å². The van der Waals surface area contributed by atoms with Crippen molar-refractivity contribution in [2.45, 2.75) is 18.9 Å². The first kappa shape index (κ1) is 15.0. The molecule has 3 heterocycles. The molecular formula is C15H16N4O4. The molecule has 0 unspecified atom stereocenters. The highest BCUT2D eigenvalue weighted by Gasteiger charge is 2.26. The number of rotatable bonds is 4. The van der Waals surface area contributed by atoms with Gasteiger partial charge in [-0.3, -0.25) is 14.9 Å². The second kappa shape index (κ2) is 6.47. The number of amides is 1. The first-order valence-electron chi connectivity index (χ1n) is 7.32. The Hall–Kier alpha value is -2.90. The van der Waals surface area contributed by atoms with Crippen molar-refractivity contribution in [3.8, 4) is 0 Å². The van der Waals surface area contributed by atoms with Crippen LogP contribution in [-0.4, -0.2) is 39.8 Å². The van der Waals surface area contributed by atoms with Gasteiger partial charge in [-0.05, 0) is 25.0 Å². The van der Waals surface area contributed by atoms with Crippen LogP contribution in [0.3, 0.4) is 0 Å². The number of carbonyl (C=O) groups is 1. The summed E-state index contributed by atoms with van der Waals surface area (Å²) in [6.07, 6.45) is 5.84. The average molecular weight is 316 g/mol. The van der Waals surface area contributed by atoms with Gasteiger partial charge in [-0.15, -0.1) is 0 Å². The first-order valence-corrected chi connectivity index (χ1v) is 7.32. The van der Waals surface area contributed by atoms with Gasteiger partial charge in [0.05, 0.1) is 16.7 Å². The van der Waals surface area contributed by atoms with Gasteiger partial charge in [0.25, 0.3) is 5.91 Å². The van der Waals surface area contributed by atoms with Crippen LogP contribution in [0.25, 0.3) is 0 Å². The van der Waals surface area contributed by atoms with Gasteiger partial charge in [0, 0.05) is 31.4 Å². The van der Waals surface area contributed by atoms with E-state index in [0.717, 1.165) is 0 Å². The van der Waals surface area contributed by atoms with E-state index >= 15 is 0 Å². The maximum absolute atomic E-state index is 12.2. The Morgan fingerprint density at radius 1 is 1.39 bits per heavy atom. The van der Waals surface area contributed by atoms with E-state index in [4.69, 9.17) is 4.42 Å². The molecule has 2 aromatic heterocycles. The van der Waals surface area contributed by atoms with Crippen molar-refractivity contribution < 1.29 is 14.1 Å². The molecule has 1 aliphatic heterocycles. The van der Waals surface area contributed by atoms with Crippen LogP contribution in [0.5, 0.6) is 0 Å². The molecule has 0 aromatic carbocycles. The van der Waals surface area contributed by atoms with Gasteiger partial charge in [-0.2, -0.15) is 0 Å². The predicted molar refractivity (Wildman–Crippen MR) is 82.1 cm³/mol. The Morgan fingerprint density at radius 2 is 2.17 bits per heavy atom. The predicted octanol–water partition coefficient (Wildman–Crippen LogP) is 2.30. The summed E-state index contributed by atoms with van der Waals surface area (Å²) < 4.78 is 4.93. The molecule has 0 spiro atoms. The van der Waals surface area contributed by atoms with E-state index in [1.54, 1.807) is 11.0 Å². The molecule has 1 fully saturated rings. The number of nitro groups is 1. The quantitative estimate of drug-likeness (QED) is 0.686. The van der Waals surface area contributed by atoms with Crippen LogP contribution in [0.2, 0.25) is 0 Å². The molecule has 0 aliphatic carbocycles. The lowest BCUT2D eigenvalue weighted by Gasteiger charge is -2.32. The Bertz CT molecular complexity index is 693. The molecule has 1 saturated heterocycles. The summed E-state index contributed by atoms with van der Waals surface area (Å²) in [4.78, 5) is 28.6. The van der Waals surface area contributed by atoms with Crippen LogP contribution in [-0.2, 0) is 0 Å². The Morgan fingerprint density at radius 3 is 2.83 bits per heavy atom. The van der Waals surface area contributed by atoms with Gasteiger partial charge in [-0.25, -0.2) is 4.98 Å². The van der Waals surface area contributed by atoms with E-state index in [2.05, 4.69) is 10.3 Å². The van der Waals surface area contributed by atoms with Gasteiger partial charge in [0.15, 0.2) is 0 Å². The summed E-state index contributed by atoms with van der Waals surface area (Å²) in [6.45, 7) is 1.17. The minimum Gasteiger partial charge on any atom is -0.472 e. The number of piperidine rings is 1. The first-order chi connectivity index (χ1) is 11.1. The number of furan rings is 1. The number of anilines is 1. The number of likely N-dealkylation sites (tertiary alicyclic amines) is 1. The summed E-state index contributed by atoms with van der Waals surface area (Å²) in [7, 11) is 0. The fourth-order valence-electron chi connectivity index (χ4n) is 2.64. The van der Waals surface area contributed by atoms with Crippen molar-refractivity contribution in [1.82, 2.24) is 9.88 Å². The van der Waals surface area contributed by atoms with Crippen molar-refractivity contribution in [3.63, 3.8) is 0 Å². The van der Waals surface area contributed by atoms with Crippen LogP contribution in [0, 0.1) is 10.1 Å². The molecule has 23 heavy (non-hydrogen) atoms. The van der Waals surface area contributed by atoms with Gasteiger partial charge in [0.2, 0.25) is 5.82 Å². The van der Waals surface area contributed by atoms with E-state index in [0.29, 0.717) is 31.5 Å². The lowest BCUT2D eigenvalue weighted by molar-refractivity contribution is -0.384. The zero-order valence-electron chi connectivity index (χ0n) is 12.3. The number of carbonyl (C=O) groups excluding carboxylic acids is 1. The largest absolute Gasteiger partial charge is 0.472 e. The van der Waals surface area contributed by atoms with Gasteiger partial charge >= 0.3 is 5.69 Å². The molecule has 0 radical (unpaired) electrons. The average Bonchev–Trinajstić information content (AvgIpc) is 3.10. The van der Waals surface area contributed by atoms with Crippen molar-refractivity contribution >= 4 is 17.4 Å². The summed E-state index contributed by atoms with van der Waals surface area (Å²) >= 11 is 0. The number of aromatic nitrogens is 1. The molecule has 3 rings (SSSR count). The highest BCUT2D eigenvalue weighted by Crippen LogP contribution is 2.24. The lowest BCUT2D eigenvalue weighted by atomic mass is 10.0. The number of pyridine rings is 1. The monoisotopic (exact) mass is 316 g/mol. The Labute approximate surface area is 132 Å². The zero-order valence-corrected chi connectivity index (χ0v) is 12.3. The smallest absolute Gasteiger partial charge is 0.311 e. The third kappa shape index (κ3) is 3.31. The molecule has 0 saturated carbocycles. The lowest BCUT2D eigenvalue weighted by Crippen LogP contribution is -2.42. The van der Waals surface area contributed by atoms with Crippen LogP contribution < -0.4 is 5.32 Å². The minimum atomic E-state index is -0.451. The van der Waals surface area contributed by atoms with E-state index in [9.17, 15) is 14.9 Å². The minimum absolute atomic E-state index is 0.0376. The molecule has 0 atom stereocenters. The van der Waals surface area contributed by atoms with Gasteiger partial charge in [-0.1, -0.05) is 0 Å². The Balaban J connectivity index is 1.60. The summed E-state index contributed by atoms with van der Waals surface area (Å²) in [5.74, 6) is 0.220. The molecule has 8 nitrogen and oxygen atoms in total. The van der Waals surface area contributed by atoms with Crippen molar-refractivity contribution in [2.75, 3.05) is 18.4 Å². The van der Waals surface area contributed by atoms with Gasteiger partial charge < -0.3 is 14.6 Å². The van der Waals surface area contributed by atoms with Crippen LogP contribution in [0.15, 0.2) is 41.3 Å².